The van der Waals surface area contributed by atoms with Gasteiger partial charge in [-0.15, -0.1) is 23.7 Å². The number of benzene rings is 1. The largest absolute Gasteiger partial charge is 0.330 e. The zero-order valence-electron chi connectivity index (χ0n) is 14.0. The summed E-state index contributed by atoms with van der Waals surface area (Å²) in [7, 11) is 0. The Morgan fingerprint density at radius 1 is 0.960 bits per heavy atom. The minimum atomic E-state index is -0.145. The Morgan fingerprint density at radius 2 is 1.68 bits per heavy atom. The van der Waals surface area contributed by atoms with E-state index in [2.05, 4.69) is 10.6 Å². The molecule has 2 aromatic rings. The molecule has 5 nitrogen and oxygen atoms in total. The van der Waals surface area contributed by atoms with Crippen molar-refractivity contribution in [1.29, 1.82) is 0 Å². The van der Waals surface area contributed by atoms with Crippen molar-refractivity contribution in [3.05, 3.63) is 46.7 Å². The van der Waals surface area contributed by atoms with Crippen LogP contribution in [0, 0.1) is 0 Å². The van der Waals surface area contributed by atoms with E-state index in [1.54, 1.807) is 24.3 Å². The van der Waals surface area contributed by atoms with E-state index in [4.69, 9.17) is 5.73 Å². The quantitative estimate of drug-likeness (QED) is 0.567. The minimum Gasteiger partial charge on any atom is -0.330 e. The smallest absolute Gasteiger partial charge is 0.265 e. The number of amides is 2. The lowest BCUT2D eigenvalue weighted by Gasteiger charge is -2.08. The van der Waals surface area contributed by atoms with Gasteiger partial charge in [0.1, 0.15) is 0 Å². The lowest BCUT2D eigenvalue weighted by molar-refractivity contribution is -0.116. The molecule has 0 aliphatic rings. The molecule has 25 heavy (non-hydrogen) atoms. The van der Waals surface area contributed by atoms with Crippen molar-refractivity contribution in [1.82, 2.24) is 0 Å². The Hall–Kier alpha value is -1.89. The van der Waals surface area contributed by atoms with Crippen molar-refractivity contribution in [3.8, 4) is 0 Å². The lowest BCUT2D eigenvalue weighted by atomic mass is 10.1. The fourth-order valence-electron chi connectivity index (χ4n) is 2.28. The van der Waals surface area contributed by atoms with Gasteiger partial charge in [0.05, 0.1) is 4.88 Å². The van der Waals surface area contributed by atoms with Gasteiger partial charge in [-0.2, -0.15) is 0 Å². The van der Waals surface area contributed by atoms with Gasteiger partial charge >= 0.3 is 0 Å². The summed E-state index contributed by atoms with van der Waals surface area (Å²) in [6.07, 6.45) is 4.44. The van der Waals surface area contributed by atoms with Crippen LogP contribution in [0.3, 0.4) is 0 Å². The highest BCUT2D eigenvalue weighted by Gasteiger charge is 2.08. The van der Waals surface area contributed by atoms with E-state index in [0.29, 0.717) is 29.2 Å². The third-order valence-corrected chi connectivity index (χ3v) is 4.38. The summed E-state index contributed by atoms with van der Waals surface area (Å²) in [4.78, 5) is 24.6. The van der Waals surface area contributed by atoms with Crippen LogP contribution in [0.5, 0.6) is 0 Å². The standard InChI is InChI=1S/C18H23N3O2S.ClH/c19-11-4-2-1-3-10-17(22)20-14-7-5-8-15(13-14)21-18(23)16-9-6-12-24-16;/h5-9,12-13H,1-4,10-11,19H2,(H,20,22)(H,21,23);1H. The molecule has 4 N–H and O–H groups in total. The van der Waals surface area contributed by atoms with Gasteiger partial charge in [0, 0.05) is 17.8 Å². The van der Waals surface area contributed by atoms with Gasteiger partial charge in [-0.1, -0.05) is 25.0 Å². The highest BCUT2D eigenvalue weighted by Crippen LogP contribution is 2.18. The predicted molar refractivity (Wildman–Crippen MR) is 107 cm³/mol. The molecule has 0 aliphatic carbocycles. The number of hydrogen-bond acceptors (Lipinski definition) is 4. The fraction of sp³-hybridized carbons (Fsp3) is 0.333. The average molecular weight is 382 g/mol. The molecule has 1 heterocycles. The number of thiophene rings is 1. The van der Waals surface area contributed by atoms with E-state index in [0.717, 1.165) is 25.7 Å². The zero-order chi connectivity index (χ0) is 17.2. The molecule has 1 aromatic carbocycles. The van der Waals surface area contributed by atoms with Gasteiger partial charge < -0.3 is 16.4 Å². The van der Waals surface area contributed by atoms with Gasteiger partial charge in [0.2, 0.25) is 5.91 Å². The van der Waals surface area contributed by atoms with E-state index in [1.807, 2.05) is 17.5 Å². The molecule has 2 rings (SSSR count). The molecule has 0 spiro atoms. The number of carbonyl (C=O) groups is 2. The second-order valence-electron chi connectivity index (χ2n) is 5.51. The second-order valence-corrected chi connectivity index (χ2v) is 6.46. The number of nitrogens with two attached hydrogens (primary N) is 1. The maximum Gasteiger partial charge on any atom is 0.265 e. The van der Waals surface area contributed by atoms with Crippen LogP contribution in [0.4, 0.5) is 11.4 Å². The summed E-state index contributed by atoms with van der Waals surface area (Å²) >= 11 is 1.39. The Balaban J connectivity index is 0.00000312. The van der Waals surface area contributed by atoms with Crippen LogP contribution >= 0.6 is 23.7 Å². The number of hydrogen-bond donors (Lipinski definition) is 3. The summed E-state index contributed by atoms with van der Waals surface area (Å²) in [5, 5.41) is 7.56. The topological polar surface area (TPSA) is 84.2 Å². The van der Waals surface area contributed by atoms with Crippen LogP contribution in [0.25, 0.3) is 0 Å². The molecule has 1 aromatic heterocycles. The third-order valence-electron chi connectivity index (χ3n) is 3.51. The van der Waals surface area contributed by atoms with Crippen LogP contribution in [-0.4, -0.2) is 18.4 Å². The molecule has 0 saturated carbocycles. The Morgan fingerprint density at radius 3 is 2.36 bits per heavy atom. The first-order chi connectivity index (χ1) is 11.7. The number of carbonyl (C=O) groups excluding carboxylic acids is 2. The van der Waals surface area contributed by atoms with Gasteiger partial charge in [-0.25, -0.2) is 0 Å². The summed E-state index contributed by atoms with van der Waals surface area (Å²) in [5.41, 5.74) is 6.79. The number of halogens is 1. The molecule has 0 fully saturated rings. The van der Waals surface area contributed by atoms with Gasteiger partial charge in [0.25, 0.3) is 5.91 Å². The van der Waals surface area contributed by atoms with E-state index in [1.165, 1.54) is 11.3 Å². The SMILES string of the molecule is Cl.NCCCCCCC(=O)Nc1cccc(NC(=O)c2cccs2)c1. The maximum absolute atomic E-state index is 12.0. The van der Waals surface area contributed by atoms with Crippen molar-refractivity contribution in [3.63, 3.8) is 0 Å². The van der Waals surface area contributed by atoms with E-state index in [-0.39, 0.29) is 24.2 Å². The monoisotopic (exact) mass is 381 g/mol. The van der Waals surface area contributed by atoms with Crippen molar-refractivity contribution in [2.24, 2.45) is 5.73 Å². The highest BCUT2D eigenvalue weighted by atomic mass is 35.5. The molecule has 0 unspecified atom stereocenters. The number of nitrogens with one attached hydrogen (secondary N) is 2. The first kappa shape index (κ1) is 21.2. The van der Waals surface area contributed by atoms with Crippen molar-refractivity contribution < 1.29 is 9.59 Å². The maximum atomic E-state index is 12.0. The van der Waals surface area contributed by atoms with E-state index >= 15 is 0 Å². The van der Waals surface area contributed by atoms with Crippen molar-refractivity contribution >= 4 is 46.9 Å². The van der Waals surface area contributed by atoms with Gasteiger partial charge in [-0.05, 0) is 49.0 Å². The summed E-state index contributed by atoms with van der Waals surface area (Å²) in [5.74, 6) is -0.155. The van der Waals surface area contributed by atoms with Crippen LogP contribution in [-0.2, 0) is 4.79 Å². The summed E-state index contributed by atoms with van der Waals surface area (Å²) in [6, 6.07) is 10.8. The number of anilines is 2. The minimum absolute atomic E-state index is 0. The third kappa shape index (κ3) is 7.69. The predicted octanol–water partition coefficient (Wildman–Crippen LogP) is 4.27. The second kappa shape index (κ2) is 11.6. The number of unbranched alkanes of at least 4 members (excludes halogenated alkanes) is 3. The molecule has 0 atom stereocenters. The van der Waals surface area contributed by atoms with Crippen molar-refractivity contribution in [2.75, 3.05) is 17.2 Å². The first-order valence-corrected chi connectivity index (χ1v) is 9.02. The average Bonchev–Trinajstić information content (AvgIpc) is 3.09. The summed E-state index contributed by atoms with van der Waals surface area (Å²) in [6.45, 7) is 0.705. The highest BCUT2D eigenvalue weighted by molar-refractivity contribution is 7.12. The normalized spacial score (nSPS) is 9.96. The molecule has 0 aliphatic heterocycles. The Labute approximate surface area is 158 Å². The van der Waals surface area contributed by atoms with Crippen LogP contribution < -0.4 is 16.4 Å². The van der Waals surface area contributed by atoms with Gasteiger partial charge in [0.15, 0.2) is 0 Å². The Kier molecular flexibility index (Phi) is 9.84. The lowest BCUT2D eigenvalue weighted by Crippen LogP contribution is -2.13. The van der Waals surface area contributed by atoms with E-state index in [9.17, 15) is 9.59 Å². The molecule has 7 heteroatoms. The molecule has 0 saturated heterocycles. The van der Waals surface area contributed by atoms with Crippen LogP contribution in [0.15, 0.2) is 41.8 Å². The molecule has 0 radical (unpaired) electrons. The number of rotatable bonds is 9. The van der Waals surface area contributed by atoms with E-state index < -0.39 is 0 Å². The molecular weight excluding hydrogens is 358 g/mol. The van der Waals surface area contributed by atoms with Crippen molar-refractivity contribution in [2.45, 2.75) is 32.1 Å². The molecule has 2 amide bonds. The molecular formula is C18H24ClN3O2S. The Bertz CT molecular complexity index is 662. The zero-order valence-corrected chi connectivity index (χ0v) is 15.6. The molecule has 0 bridgehead atoms. The van der Waals surface area contributed by atoms with Gasteiger partial charge in [-0.3, -0.25) is 9.59 Å². The fourth-order valence-corrected chi connectivity index (χ4v) is 2.90. The van der Waals surface area contributed by atoms with Crippen LogP contribution in [0.2, 0.25) is 0 Å². The molecule has 136 valence electrons. The first-order valence-electron chi connectivity index (χ1n) is 8.14. The van der Waals surface area contributed by atoms with Crippen LogP contribution in [0.1, 0.15) is 41.8 Å². The summed E-state index contributed by atoms with van der Waals surface area (Å²) < 4.78 is 0.